The van der Waals surface area contributed by atoms with E-state index in [-0.39, 0.29) is 17.7 Å². The second-order valence-electron chi connectivity index (χ2n) is 8.56. The van der Waals surface area contributed by atoms with Crippen LogP contribution in [0.5, 0.6) is 5.75 Å². The van der Waals surface area contributed by atoms with Gasteiger partial charge in [0.25, 0.3) is 5.56 Å². The van der Waals surface area contributed by atoms with Gasteiger partial charge in [-0.1, -0.05) is 60.8 Å². The first-order valence-corrected chi connectivity index (χ1v) is 12.0. The molecule has 1 aromatic heterocycles. The van der Waals surface area contributed by atoms with Gasteiger partial charge in [-0.2, -0.15) is 0 Å². The number of aromatic nitrogens is 2. The molecule has 0 saturated carbocycles. The monoisotopic (exact) mass is 490 g/mol. The van der Waals surface area contributed by atoms with Crippen molar-refractivity contribution in [1.82, 2.24) is 9.55 Å². The van der Waals surface area contributed by atoms with Gasteiger partial charge in [0.15, 0.2) is 0 Å². The highest BCUT2D eigenvalue weighted by atomic mass is 35.5. The van der Waals surface area contributed by atoms with Crippen molar-refractivity contribution in [3.05, 3.63) is 104 Å². The van der Waals surface area contributed by atoms with E-state index in [1.807, 2.05) is 31.2 Å². The van der Waals surface area contributed by atoms with Crippen LogP contribution in [0.15, 0.2) is 65.5 Å². The van der Waals surface area contributed by atoms with Gasteiger partial charge in [0.2, 0.25) is 0 Å². The first kappa shape index (κ1) is 24.5. The number of fused-ring (bicyclic) bond motifs is 1. The molecule has 0 aliphatic heterocycles. The molecule has 0 saturated heterocycles. The summed E-state index contributed by atoms with van der Waals surface area (Å²) in [6, 6.07) is 17.8. The number of unbranched alkanes of at least 4 members (excludes halogenated alkanes) is 1. The molecule has 0 aliphatic rings. The first-order chi connectivity index (χ1) is 16.9. The van der Waals surface area contributed by atoms with Crippen molar-refractivity contribution in [3.63, 3.8) is 0 Å². The Bertz CT molecular complexity index is 1450. The molecular formula is C28H27ClN2O4. The minimum Gasteiger partial charge on any atom is -0.487 e. The van der Waals surface area contributed by atoms with Gasteiger partial charge in [-0.05, 0) is 49.2 Å². The summed E-state index contributed by atoms with van der Waals surface area (Å²) >= 11 is 6.50. The van der Waals surface area contributed by atoms with E-state index in [0.29, 0.717) is 40.2 Å². The molecule has 7 heteroatoms. The number of benzene rings is 3. The van der Waals surface area contributed by atoms with Crippen molar-refractivity contribution < 1.29 is 14.6 Å². The van der Waals surface area contributed by atoms with Crippen molar-refractivity contribution in [1.29, 1.82) is 0 Å². The van der Waals surface area contributed by atoms with Gasteiger partial charge < -0.3 is 9.84 Å². The highest BCUT2D eigenvalue weighted by molar-refractivity contribution is 6.32. The summed E-state index contributed by atoms with van der Waals surface area (Å²) in [4.78, 5) is 29.6. The molecule has 180 valence electrons. The maximum Gasteiger partial charge on any atom is 0.336 e. The molecule has 0 fully saturated rings. The third kappa shape index (κ3) is 5.54. The average Bonchev–Trinajstić information content (AvgIpc) is 2.84. The van der Waals surface area contributed by atoms with Crippen LogP contribution in [0.3, 0.4) is 0 Å². The minimum absolute atomic E-state index is 0.0634. The average molecular weight is 491 g/mol. The summed E-state index contributed by atoms with van der Waals surface area (Å²) in [5, 5.41) is 10.4. The van der Waals surface area contributed by atoms with Crippen molar-refractivity contribution in [2.75, 3.05) is 0 Å². The molecule has 3 aromatic carbocycles. The van der Waals surface area contributed by atoms with Gasteiger partial charge in [0.1, 0.15) is 18.2 Å². The van der Waals surface area contributed by atoms with E-state index in [0.717, 1.165) is 29.8 Å². The summed E-state index contributed by atoms with van der Waals surface area (Å²) in [6.45, 7) is 4.49. The van der Waals surface area contributed by atoms with E-state index in [1.165, 1.54) is 0 Å². The number of carboxylic acid groups (broad SMARTS) is 1. The van der Waals surface area contributed by atoms with E-state index < -0.39 is 5.97 Å². The van der Waals surface area contributed by atoms with Gasteiger partial charge >= 0.3 is 5.97 Å². The molecule has 0 amide bonds. The van der Waals surface area contributed by atoms with Gasteiger partial charge in [-0.15, -0.1) is 0 Å². The van der Waals surface area contributed by atoms with E-state index in [9.17, 15) is 14.7 Å². The topological polar surface area (TPSA) is 81.4 Å². The lowest BCUT2D eigenvalue weighted by molar-refractivity contribution is 0.0694. The van der Waals surface area contributed by atoms with Crippen molar-refractivity contribution >= 4 is 28.5 Å². The molecule has 35 heavy (non-hydrogen) atoms. The second kappa shape index (κ2) is 10.7. The van der Waals surface area contributed by atoms with Gasteiger partial charge in [0.05, 0.1) is 28.0 Å². The SMILES string of the molecule is CCCCc1nc2ccc(C)cc2c(=O)n1Cc1ccc(OCc2ccccc2C(=O)O)c(Cl)c1. The van der Waals surface area contributed by atoms with Crippen LogP contribution < -0.4 is 10.3 Å². The molecule has 1 heterocycles. The number of rotatable bonds is 9. The van der Waals surface area contributed by atoms with Crippen LogP contribution in [0.25, 0.3) is 10.9 Å². The summed E-state index contributed by atoms with van der Waals surface area (Å²) < 4.78 is 7.54. The fourth-order valence-corrected chi connectivity index (χ4v) is 4.28. The van der Waals surface area contributed by atoms with Crippen LogP contribution in [0, 0.1) is 6.92 Å². The first-order valence-electron chi connectivity index (χ1n) is 11.6. The van der Waals surface area contributed by atoms with Crippen LogP contribution in [0.4, 0.5) is 0 Å². The molecule has 0 spiro atoms. The Kier molecular flexibility index (Phi) is 7.51. The van der Waals surface area contributed by atoms with Crippen LogP contribution in [-0.2, 0) is 19.6 Å². The second-order valence-corrected chi connectivity index (χ2v) is 8.97. The molecule has 0 bridgehead atoms. The maximum atomic E-state index is 13.4. The molecular weight excluding hydrogens is 464 g/mol. The smallest absolute Gasteiger partial charge is 0.336 e. The summed E-state index contributed by atoms with van der Waals surface area (Å²) in [6.07, 6.45) is 2.66. The van der Waals surface area contributed by atoms with E-state index in [2.05, 4.69) is 6.92 Å². The van der Waals surface area contributed by atoms with Crippen LogP contribution in [0.2, 0.25) is 5.02 Å². The lowest BCUT2D eigenvalue weighted by atomic mass is 10.1. The standard InChI is InChI=1S/C28H27ClN2O4/c1-3-4-9-26-30-24-12-10-18(2)14-22(24)27(32)31(26)16-19-11-13-25(23(29)15-19)35-17-20-7-5-6-8-21(20)28(33)34/h5-8,10-15H,3-4,9,16-17H2,1-2H3,(H,33,34). The molecule has 6 nitrogen and oxygen atoms in total. The Labute approximate surface area is 208 Å². The van der Waals surface area contributed by atoms with E-state index in [1.54, 1.807) is 41.0 Å². The zero-order chi connectivity index (χ0) is 24.9. The summed E-state index contributed by atoms with van der Waals surface area (Å²) in [5.74, 6) is 0.200. The Hall–Kier alpha value is -3.64. The third-order valence-corrected chi connectivity index (χ3v) is 6.21. The Balaban J connectivity index is 1.61. The summed E-state index contributed by atoms with van der Waals surface area (Å²) in [5.41, 5.74) is 3.26. The van der Waals surface area contributed by atoms with Crippen LogP contribution >= 0.6 is 11.6 Å². The molecule has 4 aromatic rings. The number of carboxylic acids is 1. The Morgan fingerprint density at radius 1 is 1.11 bits per heavy atom. The zero-order valence-electron chi connectivity index (χ0n) is 19.8. The third-order valence-electron chi connectivity index (χ3n) is 5.91. The van der Waals surface area contributed by atoms with Crippen molar-refractivity contribution in [3.8, 4) is 5.75 Å². The summed E-state index contributed by atoms with van der Waals surface area (Å²) in [7, 11) is 0. The molecule has 0 aliphatic carbocycles. The normalized spacial score (nSPS) is 11.1. The highest BCUT2D eigenvalue weighted by Gasteiger charge is 2.14. The highest BCUT2D eigenvalue weighted by Crippen LogP contribution is 2.27. The van der Waals surface area contributed by atoms with Gasteiger partial charge in [-0.25, -0.2) is 9.78 Å². The van der Waals surface area contributed by atoms with Crippen LogP contribution in [-0.4, -0.2) is 20.6 Å². The number of aromatic carboxylic acids is 1. The Morgan fingerprint density at radius 3 is 2.66 bits per heavy atom. The quantitative estimate of drug-likeness (QED) is 0.310. The number of aryl methyl sites for hydroxylation is 2. The lowest BCUT2D eigenvalue weighted by Crippen LogP contribution is -2.26. The lowest BCUT2D eigenvalue weighted by Gasteiger charge is -2.15. The number of nitrogens with zero attached hydrogens (tertiary/aromatic N) is 2. The van der Waals surface area contributed by atoms with Crippen LogP contribution in [0.1, 0.15) is 52.6 Å². The molecule has 0 unspecified atom stereocenters. The largest absolute Gasteiger partial charge is 0.487 e. The number of hydrogen-bond donors (Lipinski definition) is 1. The zero-order valence-corrected chi connectivity index (χ0v) is 20.5. The minimum atomic E-state index is -1.01. The van der Waals surface area contributed by atoms with E-state index >= 15 is 0 Å². The van der Waals surface area contributed by atoms with Gasteiger partial charge in [-0.3, -0.25) is 9.36 Å². The van der Waals surface area contributed by atoms with Gasteiger partial charge in [0, 0.05) is 12.0 Å². The number of carbonyl (C=O) groups is 1. The fraction of sp³-hybridized carbons (Fsp3) is 0.250. The Morgan fingerprint density at radius 2 is 1.91 bits per heavy atom. The predicted octanol–water partition coefficient (Wildman–Crippen LogP) is 6.03. The van der Waals surface area contributed by atoms with E-state index in [4.69, 9.17) is 21.3 Å². The predicted molar refractivity (Wildman–Crippen MR) is 138 cm³/mol. The molecule has 0 radical (unpaired) electrons. The number of ether oxygens (including phenoxy) is 1. The number of halogens is 1. The molecule has 0 atom stereocenters. The molecule has 1 N–H and O–H groups in total. The maximum absolute atomic E-state index is 13.4. The fourth-order valence-electron chi connectivity index (χ4n) is 4.02. The number of hydrogen-bond acceptors (Lipinski definition) is 4. The molecule has 4 rings (SSSR count). The van der Waals surface area contributed by atoms with Crippen molar-refractivity contribution in [2.45, 2.75) is 46.3 Å². The van der Waals surface area contributed by atoms with Crippen molar-refractivity contribution in [2.24, 2.45) is 0 Å².